The summed E-state index contributed by atoms with van der Waals surface area (Å²) in [6.45, 7) is 6.00. The minimum Gasteiger partial charge on any atom is -0.393 e. The van der Waals surface area contributed by atoms with Crippen LogP contribution in [0.25, 0.3) is 0 Å². The Labute approximate surface area is 236 Å². The maximum Gasteiger partial charge on any atom is 0.206 e. The fourth-order valence-electron chi connectivity index (χ4n) is 6.84. The highest BCUT2D eigenvalue weighted by molar-refractivity contribution is 8.14. The van der Waals surface area contributed by atoms with E-state index in [-0.39, 0.29) is 55.8 Å². The minimum atomic E-state index is -1.52. The second kappa shape index (κ2) is 10.5. The van der Waals surface area contributed by atoms with E-state index < -0.39 is 40.9 Å². The third kappa shape index (κ3) is 5.07. The van der Waals surface area contributed by atoms with Crippen LogP contribution in [0.2, 0.25) is 5.02 Å². The Morgan fingerprint density at radius 1 is 1.13 bits per heavy atom. The van der Waals surface area contributed by atoms with Gasteiger partial charge in [0.05, 0.1) is 22.6 Å². The van der Waals surface area contributed by atoms with Crippen molar-refractivity contribution in [3.63, 3.8) is 0 Å². The van der Waals surface area contributed by atoms with Gasteiger partial charge in [-0.3, -0.25) is 9.59 Å². The Morgan fingerprint density at radius 2 is 1.79 bits per heavy atom. The second-order valence-corrected chi connectivity index (χ2v) is 13.9. The molecule has 1 aliphatic carbocycles. The molecule has 2 heterocycles. The smallest absolute Gasteiger partial charge is 0.206 e. The topological polar surface area (TPSA) is 66.4 Å². The summed E-state index contributed by atoms with van der Waals surface area (Å²) in [5, 5.41) is 12.8. The summed E-state index contributed by atoms with van der Waals surface area (Å²) in [6, 6.07) is 4.99. The van der Waals surface area contributed by atoms with Crippen molar-refractivity contribution in [2.24, 2.45) is 11.3 Å². The average molecular weight is 580 g/mol. The molecule has 2 aliphatic heterocycles. The molecule has 1 spiro atoms. The second-order valence-electron chi connectivity index (χ2n) is 12.4. The van der Waals surface area contributed by atoms with E-state index >= 15 is 4.39 Å². The van der Waals surface area contributed by atoms with Gasteiger partial charge in [0.25, 0.3) is 0 Å². The summed E-state index contributed by atoms with van der Waals surface area (Å²) >= 11 is 7.02. The maximum absolute atomic E-state index is 15.8. The van der Waals surface area contributed by atoms with Gasteiger partial charge < -0.3 is 10.4 Å². The van der Waals surface area contributed by atoms with Crippen LogP contribution >= 0.6 is 23.4 Å². The van der Waals surface area contributed by atoms with E-state index in [4.69, 9.17) is 11.6 Å². The number of rotatable bonds is 5. The van der Waals surface area contributed by atoms with Crippen LogP contribution in [0.3, 0.4) is 0 Å². The molecule has 0 bridgehead atoms. The van der Waals surface area contributed by atoms with E-state index in [1.54, 1.807) is 6.07 Å². The number of carbonyl (C=O) groups is 2. The molecule has 5 rings (SSSR count). The fraction of sp³-hybridized carbons (Fsp3) is 0.533. The van der Waals surface area contributed by atoms with Crippen LogP contribution in [-0.4, -0.2) is 34.2 Å². The van der Waals surface area contributed by atoms with Crippen molar-refractivity contribution in [1.29, 1.82) is 0 Å². The molecule has 4 nitrogen and oxygen atoms in total. The summed E-state index contributed by atoms with van der Waals surface area (Å²) < 4.78 is 44.9. The molecule has 0 unspecified atom stereocenters. The Bertz CT molecular complexity index is 1310. The predicted molar refractivity (Wildman–Crippen MR) is 145 cm³/mol. The van der Waals surface area contributed by atoms with Crippen molar-refractivity contribution in [3.05, 3.63) is 63.9 Å². The number of benzene rings is 2. The van der Waals surface area contributed by atoms with Crippen molar-refractivity contribution < 1.29 is 27.9 Å². The molecule has 3 aliphatic rings. The molecule has 2 aromatic carbocycles. The van der Waals surface area contributed by atoms with Crippen molar-refractivity contribution in [2.45, 2.75) is 93.7 Å². The number of aliphatic hydroxyl groups excluding tert-OH is 1. The van der Waals surface area contributed by atoms with Crippen molar-refractivity contribution in [1.82, 2.24) is 5.32 Å². The number of carbonyl (C=O) groups excluding carboxylic acids is 2. The third-order valence-electron chi connectivity index (χ3n) is 8.55. The van der Waals surface area contributed by atoms with Gasteiger partial charge in [0.1, 0.15) is 5.82 Å². The number of nitrogens with one attached hydrogen (secondary N) is 1. The van der Waals surface area contributed by atoms with Crippen LogP contribution in [0.1, 0.15) is 76.3 Å². The lowest BCUT2D eigenvalue weighted by Crippen LogP contribution is -2.48. The van der Waals surface area contributed by atoms with E-state index in [1.165, 1.54) is 12.1 Å². The molecule has 2 fully saturated rings. The first-order valence-corrected chi connectivity index (χ1v) is 14.6. The van der Waals surface area contributed by atoms with E-state index in [9.17, 15) is 23.5 Å². The Morgan fingerprint density at radius 3 is 2.46 bits per heavy atom. The zero-order chi connectivity index (χ0) is 28.3. The van der Waals surface area contributed by atoms with Crippen LogP contribution in [0.5, 0.6) is 0 Å². The predicted octanol–water partition coefficient (Wildman–Crippen LogP) is 6.70. The highest BCUT2D eigenvalue weighted by Crippen LogP contribution is 2.60. The van der Waals surface area contributed by atoms with Gasteiger partial charge >= 0.3 is 0 Å². The monoisotopic (exact) mass is 579 g/mol. The summed E-state index contributed by atoms with van der Waals surface area (Å²) in [5.41, 5.74) is -1.45. The van der Waals surface area contributed by atoms with Crippen LogP contribution in [0, 0.1) is 28.8 Å². The van der Waals surface area contributed by atoms with E-state index in [2.05, 4.69) is 5.32 Å². The highest BCUT2D eigenvalue weighted by atomic mass is 35.5. The number of aliphatic hydroxyl groups is 1. The minimum absolute atomic E-state index is 0.0673. The normalized spacial score (nSPS) is 30.7. The van der Waals surface area contributed by atoms with Crippen molar-refractivity contribution in [2.75, 3.05) is 0 Å². The van der Waals surface area contributed by atoms with Gasteiger partial charge in [0.2, 0.25) is 5.12 Å². The van der Waals surface area contributed by atoms with Crippen molar-refractivity contribution >= 4 is 34.3 Å². The van der Waals surface area contributed by atoms with E-state index in [1.807, 2.05) is 20.8 Å². The number of hydrogen-bond donors (Lipinski definition) is 2. The Hall–Kier alpha value is -1.87. The van der Waals surface area contributed by atoms with E-state index in [0.29, 0.717) is 32.1 Å². The van der Waals surface area contributed by atoms with E-state index in [0.717, 1.165) is 23.9 Å². The summed E-state index contributed by atoms with van der Waals surface area (Å²) in [6.07, 6.45) is 2.92. The first-order valence-electron chi connectivity index (χ1n) is 13.5. The summed E-state index contributed by atoms with van der Waals surface area (Å²) in [7, 11) is 0. The highest BCUT2D eigenvalue weighted by Gasteiger charge is 2.66. The van der Waals surface area contributed by atoms with Crippen LogP contribution < -0.4 is 5.32 Å². The first-order chi connectivity index (χ1) is 18.3. The van der Waals surface area contributed by atoms with Gasteiger partial charge in [0.15, 0.2) is 17.4 Å². The molecule has 1 saturated carbocycles. The lowest BCUT2D eigenvalue weighted by molar-refractivity contribution is -0.122. The lowest BCUT2D eigenvalue weighted by atomic mass is 9.62. The molecule has 9 heteroatoms. The number of hydrogen-bond acceptors (Lipinski definition) is 5. The summed E-state index contributed by atoms with van der Waals surface area (Å²) in [4.78, 5) is 28.4. The molecule has 4 atom stereocenters. The van der Waals surface area contributed by atoms with Crippen LogP contribution in [0.4, 0.5) is 13.2 Å². The third-order valence-corrected chi connectivity index (χ3v) is 9.92. The van der Waals surface area contributed by atoms with Gasteiger partial charge in [-0.1, -0.05) is 56.3 Å². The number of halogens is 4. The van der Waals surface area contributed by atoms with Gasteiger partial charge in [-0.2, -0.15) is 0 Å². The molecule has 210 valence electrons. The molecule has 0 radical (unpaired) electrons. The molecule has 0 amide bonds. The zero-order valence-corrected chi connectivity index (χ0v) is 23.8. The number of fused-ring (bicyclic) bond motifs is 2. The van der Waals surface area contributed by atoms with Gasteiger partial charge in [-0.05, 0) is 72.8 Å². The van der Waals surface area contributed by atoms with Gasteiger partial charge in [-0.25, -0.2) is 13.2 Å². The van der Waals surface area contributed by atoms with Crippen LogP contribution in [-0.2, 0) is 15.0 Å². The SMILES string of the molecule is CC(C)(C)C[C@H]1N[C@@H](C(=O)CC2CCC(O)CC2)[C@H](c2cccc(Cl)c2F)[C@@]12C(=O)Sc1cc(F)c(F)cc12. The number of ketones is 1. The average Bonchev–Trinajstić information content (AvgIpc) is 3.32. The molecule has 0 aromatic heterocycles. The molecule has 39 heavy (non-hydrogen) atoms. The quantitative estimate of drug-likeness (QED) is 0.413. The summed E-state index contributed by atoms with van der Waals surface area (Å²) in [5.74, 6) is -4.01. The Kier molecular flexibility index (Phi) is 7.72. The van der Waals surface area contributed by atoms with Gasteiger partial charge in [0, 0.05) is 23.3 Å². The fourth-order valence-corrected chi connectivity index (χ4v) is 8.27. The van der Waals surface area contributed by atoms with Crippen molar-refractivity contribution in [3.8, 4) is 0 Å². The molecule has 2 aromatic rings. The maximum atomic E-state index is 15.8. The zero-order valence-electron chi connectivity index (χ0n) is 22.2. The standard InChI is InChI=1S/C30H33ClF3NO3S/c1-29(2,3)14-24-30(18-12-20(32)21(33)13-23(18)39-28(30)38)25(17-5-4-6-19(31)26(17)34)27(35-24)22(37)11-15-7-9-16(36)10-8-15/h4-6,12-13,15-16,24-25,27,35-36H,7-11,14H2,1-3H3/t15?,16?,24-,25+,27+,30+/m1/s1. The van der Waals surface area contributed by atoms with Gasteiger partial charge in [-0.15, -0.1) is 0 Å². The first kappa shape index (κ1) is 28.7. The number of Topliss-reactive ketones (excluding diaryl/α,β-unsaturated/α-hetero) is 1. The van der Waals surface area contributed by atoms with Crippen LogP contribution in [0.15, 0.2) is 35.2 Å². The lowest BCUT2D eigenvalue weighted by Gasteiger charge is -2.38. The number of thioether (sulfide) groups is 1. The molecule has 2 N–H and O–H groups in total. The molecule has 1 saturated heterocycles. The Balaban J connectivity index is 1.69. The molecular weight excluding hydrogens is 547 g/mol. The molecular formula is C30H33ClF3NO3S. The largest absolute Gasteiger partial charge is 0.393 e.